The average molecular weight is 298 g/mol. The predicted octanol–water partition coefficient (Wildman–Crippen LogP) is 3.81. The molecular formula is C14H10F4N2O. The van der Waals surface area contributed by atoms with Crippen molar-refractivity contribution >= 4 is 5.78 Å². The van der Waals surface area contributed by atoms with E-state index in [4.69, 9.17) is 0 Å². The first-order valence-corrected chi connectivity index (χ1v) is 5.92. The Labute approximate surface area is 117 Å². The first kappa shape index (κ1) is 15.1. The Morgan fingerprint density at radius 1 is 1.24 bits per heavy atom. The molecule has 0 aliphatic carbocycles. The van der Waals surface area contributed by atoms with E-state index >= 15 is 0 Å². The van der Waals surface area contributed by atoms with E-state index in [1.807, 2.05) is 0 Å². The van der Waals surface area contributed by atoms with Crippen molar-refractivity contribution in [1.82, 2.24) is 9.97 Å². The molecule has 0 aliphatic rings. The van der Waals surface area contributed by atoms with Gasteiger partial charge in [0.05, 0.1) is 16.8 Å². The summed E-state index contributed by atoms with van der Waals surface area (Å²) in [6, 6.07) is 2.27. The lowest BCUT2D eigenvalue weighted by atomic mass is 10.1. The van der Waals surface area contributed by atoms with Gasteiger partial charge in [-0.3, -0.25) is 4.79 Å². The fourth-order valence-electron chi connectivity index (χ4n) is 1.89. The lowest BCUT2D eigenvalue weighted by Crippen LogP contribution is -2.10. The van der Waals surface area contributed by atoms with Gasteiger partial charge in [-0.2, -0.15) is 13.2 Å². The highest BCUT2D eigenvalue weighted by Crippen LogP contribution is 2.36. The molecule has 1 aromatic heterocycles. The molecule has 0 N–H and O–H groups in total. The quantitative estimate of drug-likeness (QED) is 0.625. The van der Waals surface area contributed by atoms with E-state index < -0.39 is 17.6 Å². The second kappa shape index (κ2) is 5.23. The third-order valence-corrected chi connectivity index (χ3v) is 2.89. The summed E-state index contributed by atoms with van der Waals surface area (Å²) < 4.78 is 51.9. The molecule has 0 saturated carbocycles. The third-order valence-electron chi connectivity index (χ3n) is 2.89. The minimum atomic E-state index is -4.73. The zero-order chi connectivity index (χ0) is 15.8. The fraction of sp³-hybridized carbons (Fsp3) is 0.214. The highest BCUT2D eigenvalue weighted by molar-refractivity contribution is 5.94. The third kappa shape index (κ3) is 3.07. The Hall–Kier alpha value is -2.31. The van der Waals surface area contributed by atoms with Crippen LogP contribution in [0, 0.1) is 12.7 Å². The molecule has 0 amide bonds. The van der Waals surface area contributed by atoms with Gasteiger partial charge in [0.1, 0.15) is 5.82 Å². The summed E-state index contributed by atoms with van der Waals surface area (Å²) in [4.78, 5) is 19.0. The lowest BCUT2D eigenvalue weighted by Gasteiger charge is -2.12. The van der Waals surface area contributed by atoms with Gasteiger partial charge < -0.3 is 0 Å². The topological polar surface area (TPSA) is 42.9 Å². The van der Waals surface area contributed by atoms with Crippen molar-refractivity contribution < 1.29 is 22.4 Å². The first-order chi connectivity index (χ1) is 9.70. The first-order valence-electron chi connectivity index (χ1n) is 5.92. The maximum absolute atomic E-state index is 13.1. The fourth-order valence-corrected chi connectivity index (χ4v) is 1.89. The van der Waals surface area contributed by atoms with Crippen molar-refractivity contribution in [2.24, 2.45) is 0 Å². The van der Waals surface area contributed by atoms with Crippen molar-refractivity contribution in [2.45, 2.75) is 20.0 Å². The van der Waals surface area contributed by atoms with Crippen LogP contribution in [0.25, 0.3) is 11.4 Å². The van der Waals surface area contributed by atoms with E-state index in [0.717, 1.165) is 12.1 Å². The highest BCUT2D eigenvalue weighted by Gasteiger charge is 2.35. The van der Waals surface area contributed by atoms with Gasteiger partial charge >= 0.3 is 6.18 Å². The molecule has 2 rings (SSSR count). The molecule has 2 aromatic rings. The number of halogens is 4. The summed E-state index contributed by atoms with van der Waals surface area (Å²) in [6.45, 7) is 2.81. The summed E-state index contributed by atoms with van der Waals surface area (Å²) in [6.07, 6.45) is -3.56. The lowest BCUT2D eigenvalue weighted by molar-refractivity contribution is -0.137. The van der Waals surface area contributed by atoms with Crippen LogP contribution in [0.15, 0.2) is 24.4 Å². The number of carbonyl (C=O) groups excluding carboxylic acids is 1. The summed E-state index contributed by atoms with van der Waals surface area (Å²) in [5.74, 6) is -1.48. The molecule has 0 bridgehead atoms. The molecule has 3 nitrogen and oxygen atoms in total. The van der Waals surface area contributed by atoms with E-state index in [1.54, 1.807) is 0 Å². The standard InChI is InChI=1S/C14H10F4N2O/c1-7-11(8(2)21)6-19-13(20-7)10-4-3-9(15)5-12(10)14(16,17)18/h3-6H,1-2H3. The number of aromatic nitrogens is 2. The van der Waals surface area contributed by atoms with Gasteiger partial charge in [0, 0.05) is 11.8 Å². The Balaban J connectivity index is 2.62. The molecule has 110 valence electrons. The Morgan fingerprint density at radius 3 is 2.43 bits per heavy atom. The van der Waals surface area contributed by atoms with Gasteiger partial charge in [-0.15, -0.1) is 0 Å². The van der Waals surface area contributed by atoms with Crippen molar-refractivity contribution in [3.05, 3.63) is 47.0 Å². The van der Waals surface area contributed by atoms with E-state index in [1.165, 1.54) is 20.0 Å². The smallest absolute Gasteiger partial charge is 0.294 e. The molecule has 21 heavy (non-hydrogen) atoms. The molecule has 7 heteroatoms. The maximum Gasteiger partial charge on any atom is 0.417 e. The number of hydrogen-bond donors (Lipinski definition) is 0. The molecule has 1 aromatic carbocycles. The van der Waals surface area contributed by atoms with Crippen molar-refractivity contribution in [2.75, 3.05) is 0 Å². The van der Waals surface area contributed by atoms with Crippen LogP contribution in [-0.4, -0.2) is 15.8 Å². The van der Waals surface area contributed by atoms with E-state index in [-0.39, 0.29) is 28.4 Å². The molecule has 0 saturated heterocycles. The summed E-state index contributed by atoms with van der Waals surface area (Å²) in [7, 11) is 0. The zero-order valence-corrected chi connectivity index (χ0v) is 11.1. The molecule has 0 spiro atoms. The molecule has 0 aliphatic heterocycles. The summed E-state index contributed by atoms with van der Waals surface area (Å²) in [5, 5.41) is 0. The zero-order valence-electron chi connectivity index (χ0n) is 11.1. The number of carbonyl (C=O) groups is 1. The molecular weight excluding hydrogens is 288 g/mol. The number of rotatable bonds is 2. The number of hydrogen-bond acceptors (Lipinski definition) is 3. The second-order valence-corrected chi connectivity index (χ2v) is 4.44. The Morgan fingerprint density at radius 2 is 1.90 bits per heavy atom. The van der Waals surface area contributed by atoms with E-state index in [2.05, 4.69) is 9.97 Å². The van der Waals surface area contributed by atoms with Crippen LogP contribution in [0.5, 0.6) is 0 Å². The van der Waals surface area contributed by atoms with Gasteiger partial charge in [0.2, 0.25) is 0 Å². The number of nitrogens with zero attached hydrogens (tertiary/aromatic N) is 2. The number of Topliss-reactive ketones (excluding diaryl/α,β-unsaturated/α-hetero) is 1. The van der Waals surface area contributed by atoms with E-state index in [0.29, 0.717) is 6.07 Å². The second-order valence-electron chi connectivity index (χ2n) is 4.44. The highest BCUT2D eigenvalue weighted by atomic mass is 19.4. The Kier molecular flexibility index (Phi) is 3.76. The van der Waals surface area contributed by atoms with Crippen molar-refractivity contribution in [3.63, 3.8) is 0 Å². The van der Waals surface area contributed by atoms with Gasteiger partial charge in [0.25, 0.3) is 0 Å². The number of benzene rings is 1. The average Bonchev–Trinajstić information content (AvgIpc) is 2.37. The SMILES string of the molecule is CC(=O)c1cnc(-c2ccc(F)cc2C(F)(F)F)nc1C. The maximum atomic E-state index is 13.1. The molecule has 1 heterocycles. The molecule has 0 unspecified atom stereocenters. The van der Waals surface area contributed by atoms with E-state index in [9.17, 15) is 22.4 Å². The van der Waals surface area contributed by atoms with Crippen LogP contribution in [-0.2, 0) is 6.18 Å². The van der Waals surface area contributed by atoms with Gasteiger partial charge in [0.15, 0.2) is 11.6 Å². The summed E-state index contributed by atoms with van der Waals surface area (Å²) >= 11 is 0. The largest absolute Gasteiger partial charge is 0.417 e. The van der Waals surface area contributed by atoms with Gasteiger partial charge in [-0.25, -0.2) is 14.4 Å². The van der Waals surface area contributed by atoms with Crippen LogP contribution in [0.2, 0.25) is 0 Å². The number of ketones is 1. The van der Waals surface area contributed by atoms with Crippen molar-refractivity contribution in [1.29, 1.82) is 0 Å². The van der Waals surface area contributed by atoms with Gasteiger partial charge in [-0.1, -0.05) is 0 Å². The Bertz CT molecular complexity index is 711. The molecule has 0 fully saturated rings. The van der Waals surface area contributed by atoms with Crippen molar-refractivity contribution in [3.8, 4) is 11.4 Å². The number of alkyl halides is 3. The van der Waals surface area contributed by atoms with Crippen LogP contribution in [0.3, 0.4) is 0 Å². The summed E-state index contributed by atoms with van der Waals surface area (Å²) in [5.41, 5.74) is -0.987. The predicted molar refractivity (Wildman–Crippen MR) is 67.2 cm³/mol. The normalized spacial score (nSPS) is 11.5. The van der Waals surface area contributed by atoms with Crippen LogP contribution < -0.4 is 0 Å². The van der Waals surface area contributed by atoms with Gasteiger partial charge in [-0.05, 0) is 32.0 Å². The van der Waals surface area contributed by atoms with Crippen LogP contribution in [0.1, 0.15) is 28.5 Å². The molecule has 0 atom stereocenters. The number of aryl methyl sites for hydroxylation is 1. The molecule has 0 radical (unpaired) electrons. The van der Waals surface area contributed by atoms with Crippen LogP contribution in [0.4, 0.5) is 17.6 Å². The minimum absolute atomic E-state index is 0.204. The monoisotopic (exact) mass is 298 g/mol. The minimum Gasteiger partial charge on any atom is -0.294 e. The van der Waals surface area contributed by atoms with Crippen LogP contribution >= 0.6 is 0 Å².